The molecule has 0 bridgehead atoms. The van der Waals surface area contributed by atoms with Gasteiger partial charge in [-0.2, -0.15) is 4.98 Å². The summed E-state index contributed by atoms with van der Waals surface area (Å²) in [5.74, 6) is 0.0298. The zero-order valence-corrected chi connectivity index (χ0v) is 24.0. The van der Waals surface area contributed by atoms with E-state index in [-0.39, 0.29) is 29.2 Å². The number of aliphatic hydroxyl groups is 2. The summed E-state index contributed by atoms with van der Waals surface area (Å²) in [6.45, 7) is -1.37. The molecular weight excluding hydrogens is 622 g/mol. The van der Waals surface area contributed by atoms with Gasteiger partial charge in [0.05, 0.1) is 19.5 Å². The second kappa shape index (κ2) is 12.2. The van der Waals surface area contributed by atoms with Crippen molar-refractivity contribution in [2.45, 2.75) is 49.4 Å². The van der Waals surface area contributed by atoms with Crippen LogP contribution in [0.15, 0.2) is 29.7 Å². The lowest BCUT2D eigenvalue weighted by molar-refractivity contribution is -0.0590. The average Bonchev–Trinajstić information content (AvgIpc) is 3.63. The molecule has 9 atom stereocenters. The summed E-state index contributed by atoms with van der Waals surface area (Å²) in [5, 5.41) is 21.2. The first-order valence-corrected chi connectivity index (χ1v) is 15.4. The normalized spacial score (nSPS) is 30.4. The molecule has 236 valence electrons. The minimum absolute atomic E-state index is 0.0520. The number of rotatable bonds is 11. The Balaban J connectivity index is 1.26. The van der Waals surface area contributed by atoms with Crippen LogP contribution in [0.5, 0.6) is 0 Å². The molecule has 0 spiro atoms. The third-order valence-corrected chi connectivity index (χ3v) is 8.59. The molecule has 5 heterocycles. The van der Waals surface area contributed by atoms with E-state index in [1.807, 2.05) is 0 Å². The molecule has 5 unspecified atom stereocenters. The van der Waals surface area contributed by atoms with Gasteiger partial charge in [0, 0.05) is 19.7 Å². The van der Waals surface area contributed by atoms with Crippen molar-refractivity contribution in [1.82, 2.24) is 29.1 Å². The molecule has 2 aliphatic heterocycles. The number of nitrogen functional groups attached to an aromatic ring is 2. The van der Waals surface area contributed by atoms with E-state index in [2.05, 4.69) is 24.5 Å². The van der Waals surface area contributed by atoms with Crippen LogP contribution >= 0.6 is 15.6 Å². The van der Waals surface area contributed by atoms with Crippen molar-refractivity contribution in [2.75, 3.05) is 31.8 Å². The van der Waals surface area contributed by atoms with Crippen LogP contribution in [0.3, 0.4) is 0 Å². The van der Waals surface area contributed by atoms with Gasteiger partial charge in [-0.25, -0.2) is 28.9 Å². The van der Waals surface area contributed by atoms with E-state index in [1.54, 1.807) is 0 Å². The minimum atomic E-state index is -4.96. The Labute approximate surface area is 241 Å². The quantitative estimate of drug-likeness (QED) is 0.128. The lowest BCUT2D eigenvalue weighted by Gasteiger charge is -2.23. The van der Waals surface area contributed by atoms with Crippen molar-refractivity contribution >= 4 is 38.4 Å². The summed E-state index contributed by atoms with van der Waals surface area (Å²) in [5.41, 5.74) is 11.0. The van der Waals surface area contributed by atoms with Crippen molar-refractivity contribution < 1.29 is 56.7 Å². The van der Waals surface area contributed by atoms with Crippen molar-refractivity contribution in [3.63, 3.8) is 0 Å². The molecule has 23 heteroatoms. The van der Waals surface area contributed by atoms with E-state index in [0.717, 1.165) is 11.7 Å². The van der Waals surface area contributed by atoms with Gasteiger partial charge in [0.1, 0.15) is 54.4 Å². The van der Waals surface area contributed by atoms with E-state index in [0.29, 0.717) is 0 Å². The van der Waals surface area contributed by atoms with Gasteiger partial charge in [-0.05, 0) is 6.07 Å². The van der Waals surface area contributed by atoms with Gasteiger partial charge >= 0.3 is 21.3 Å². The molecule has 0 aliphatic carbocycles. The van der Waals surface area contributed by atoms with Crippen LogP contribution in [-0.2, 0) is 36.7 Å². The van der Waals surface area contributed by atoms with E-state index in [1.165, 1.54) is 29.5 Å². The van der Waals surface area contributed by atoms with E-state index >= 15 is 0 Å². The number of hydrogen-bond acceptors (Lipinski definition) is 17. The molecule has 2 aliphatic rings. The third-order valence-electron chi connectivity index (χ3n) is 6.64. The maximum atomic E-state index is 12.9. The van der Waals surface area contributed by atoms with E-state index in [4.69, 9.17) is 34.5 Å². The molecule has 8 N–H and O–H groups in total. The standard InChI is InChI=1S/C20H28N8O13P2/c1-36-42(32,33)37-5-10-9(4-13(39-10)27-3-2-12(21)26-20(27)31)41-43(34,35)38-6-11-15(29)16(30)19(40-11)28-8-25-14-17(22)23-7-24-18(14)28/h2-3,7-11,13,15-16,19,29-30H,4-6H2,1H3,(H,32,33)(H,34,35)(H2,21,26,31)(H2,22,23,24)/t9?,10-,11-,13-,15?,16?,19-/m1/s1. The van der Waals surface area contributed by atoms with Gasteiger partial charge < -0.3 is 40.9 Å². The Morgan fingerprint density at radius 3 is 2.47 bits per heavy atom. The SMILES string of the molecule is COP(=O)(O)OC[C@H]1O[C@@H](n2ccc(N)nc2=O)CC1OP(=O)(O)OC[C@H]1O[C@@H](n2cnc3c(N)ncnc32)C(O)C1O. The Kier molecular flexibility index (Phi) is 8.96. The van der Waals surface area contributed by atoms with Gasteiger partial charge in [-0.15, -0.1) is 0 Å². The number of nitrogens with zero attached hydrogens (tertiary/aromatic N) is 6. The first-order chi connectivity index (χ1) is 20.3. The van der Waals surface area contributed by atoms with Crippen molar-refractivity contribution in [1.29, 1.82) is 0 Å². The lowest BCUT2D eigenvalue weighted by atomic mass is 10.1. The van der Waals surface area contributed by atoms with E-state index < -0.39 is 77.5 Å². The molecule has 43 heavy (non-hydrogen) atoms. The summed E-state index contributed by atoms with van der Waals surface area (Å²) < 4.78 is 58.0. The number of aliphatic hydroxyl groups excluding tert-OH is 2. The van der Waals surface area contributed by atoms with Crippen molar-refractivity contribution in [3.8, 4) is 0 Å². The topological polar surface area (TPSA) is 301 Å². The molecular formula is C20H28N8O13P2. The number of aromatic nitrogens is 6. The van der Waals surface area contributed by atoms with Crippen LogP contribution in [-0.4, -0.2) is 99.9 Å². The zero-order valence-electron chi connectivity index (χ0n) is 22.2. The number of imidazole rings is 1. The van der Waals surface area contributed by atoms with Crippen LogP contribution in [0.2, 0.25) is 0 Å². The second-order valence-electron chi connectivity index (χ2n) is 9.39. The summed E-state index contributed by atoms with van der Waals surface area (Å²) in [6.07, 6.45) is -5.79. The molecule has 0 amide bonds. The van der Waals surface area contributed by atoms with Gasteiger partial charge in [-0.3, -0.25) is 27.2 Å². The third kappa shape index (κ3) is 6.78. The molecule has 2 fully saturated rings. The highest BCUT2D eigenvalue weighted by molar-refractivity contribution is 7.47. The van der Waals surface area contributed by atoms with Gasteiger partial charge in [0.25, 0.3) is 0 Å². The molecule has 0 aromatic carbocycles. The average molecular weight is 650 g/mol. The lowest BCUT2D eigenvalue weighted by Crippen LogP contribution is -2.34. The molecule has 5 rings (SSSR count). The molecule has 21 nitrogen and oxygen atoms in total. The van der Waals surface area contributed by atoms with Crippen LogP contribution in [0.4, 0.5) is 11.6 Å². The van der Waals surface area contributed by atoms with Crippen LogP contribution < -0.4 is 17.2 Å². The first kappa shape index (κ1) is 31.5. The molecule has 3 aromatic rings. The fourth-order valence-corrected chi connectivity index (χ4v) is 5.92. The number of anilines is 2. The number of hydrogen-bond donors (Lipinski definition) is 6. The molecule has 0 saturated carbocycles. The monoisotopic (exact) mass is 650 g/mol. The highest BCUT2D eigenvalue weighted by Gasteiger charge is 2.47. The van der Waals surface area contributed by atoms with Gasteiger partial charge in [0.2, 0.25) is 0 Å². The highest BCUT2D eigenvalue weighted by atomic mass is 31.2. The summed E-state index contributed by atoms with van der Waals surface area (Å²) >= 11 is 0. The fourth-order valence-electron chi connectivity index (χ4n) is 4.52. The summed E-state index contributed by atoms with van der Waals surface area (Å²) in [7, 11) is -8.51. The van der Waals surface area contributed by atoms with Crippen LogP contribution in [0.25, 0.3) is 11.2 Å². The number of phosphoric acid groups is 2. The molecule has 0 radical (unpaired) electrons. The first-order valence-electron chi connectivity index (χ1n) is 12.4. The van der Waals surface area contributed by atoms with Crippen molar-refractivity contribution in [3.05, 3.63) is 35.4 Å². The largest absolute Gasteiger partial charge is 0.472 e. The minimum Gasteiger partial charge on any atom is -0.387 e. The Bertz CT molecular complexity index is 1620. The van der Waals surface area contributed by atoms with E-state index in [9.17, 15) is 33.9 Å². The number of ether oxygens (including phenoxy) is 2. The second-order valence-corrected chi connectivity index (χ2v) is 12.4. The zero-order chi connectivity index (χ0) is 31.1. The Morgan fingerprint density at radius 2 is 1.74 bits per heavy atom. The number of fused-ring (bicyclic) bond motifs is 1. The van der Waals surface area contributed by atoms with Gasteiger partial charge in [0.15, 0.2) is 17.7 Å². The highest BCUT2D eigenvalue weighted by Crippen LogP contribution is 2.50. The molecule has 2 saturated heterocycles. The maximum Gasteiger partial charge on any atom is 0.472 e. The number of nitrogens with two attached hydrogens (primary N) is 2. The smallest absolute Gasteiger partial charge is 0.387 e. The Hall–Kier alpha value is -2.91. The number of phosphoric ester groups is 2. The van der Waals surface area contributed by atoms with Crippen LogP contribution in [0.1, 0.15) is 18.9 Å². The maximum absolute atomic E-state index is 12.9. The predicted molar refractivity (Wildman–Crippen MR) is 141 cm³/mol. The predicted octanol–water partition coefficient (Wildman–Crippen LogP) is -1.58. The fraction of sp³-hybridized carbons (Fsp3) is 0.550. The van der Waals surface area contributed by atoms with Crippen molar-refractivity contribution in [2.24, 2.45) is 0 Å². The Morgan fingerprint density at radius 1 is 1.02 bits per heavy atom. The van der Waals surface area contributed by atoms with Crippen LogP contribution in [0, 0.1) is 0 Å². The summed E-state index contributed by atoms with van der Waals surface area (Å²) in [4.78, 5) is 48.0. The summed E-state index contributed by atoms with van der Waals surface area (Å²) in [6, 6.07) is 1.32. The van der Waals surface area contributed by atoms with Gasteiger partial charge in [-0.1, -0.05) is 0 Å². The molecule has 3 aromatic heterocycles.